The lowest BCUT2D eigenvalue weighted by Gasteiger charge is -2.21. The highest BCUT2D eigenvalue weighted by atomic mass is 35.5. The molecule has 0 fully saturated rings. The van der Waals surface area contributed by atoms with Gasteiger partial charge in [-0.25, -0.2) is 13.8 Å². The quantitative estimate of drug-likeness (QED) is 0.148. The maximum Gasteiger partial charge on any atom is 0.416 e. The van der Waals surface area contributed by atoms with Gasteiger partial charge < -0.3 is 16.8 Å². The molecule has 3 aromatic rings. The number of alkyl halides is 3. The standard InChI is InChI=1S/C25H23ClF5N5O/c26-20-11-19(28)10-5-16(20)13-34-24(35-22(33)12-21(32)14-3-8-18(27)9-4-14)36-23(37)15-1-6-17(7-2-15)25(29,30)31/h1-11,21-22H,12-13,32-33H2,(H2,34,35,36,37). The molecule has 0 heterocycles. The van der Waals surface area contributed by atoms with Crippen LogP contribution in [0.5, 0.6) is 0 Å². The highest BCUT2D eigenvalue weighted by molar-refractivity contribution is 6.31. The van der Waals surface area contributed by atoms with Crippen molar-refractivity contribution in [2.45, 2.75) is 31.3 Å². The Labute approximate surface area is 214 Å². The highest BCUT2D eigenvalue weighted by Gasteiger charge is 2.30. The molecular weight excluding hydrogens is 517 g/mol. The molecule has 6 N–H and O–H groups in total. The SMILES string of the molecule is NC(CC(N)c1ccc(F)cc1)NC(=NCc1ccc(F)cc1Cl)NC(=O)c1ccc(C(F)(F)F)cc1. The number of guanidine groups is 1. The van der Waals surface area contributed by atoms with Crippen LogP contribution in [0.2, 0.25) is 5.02 Å². The average molecular weight is 540 g/mol. The van der Waals surface area contributed by atoms with E-state index in [1.165, 1.54) is 36.4 Å². The molecule has 0 spiro atoms. The third-order valence-electron chi connectivity index (χ3n) is 5.26. The van der Waals surface area contributed by atoms with Crippen LogP contribution in [-0.2, 0) is 12.7 Å². The van der Waals surface area contributed by atoms with E-state index in [0.29, 0.717) is 11.1 Å². The number of carbonyl (C=O) groups excluding carboxylic acids is 1. The molecule has 0 saturated heterocycles. The van der Waals surface area contributed by atoms with Crippen molar-refractivity contribution in [2.75, 3.05) is 0 Å². The smallest absolute Gasteiger partial charge is 0.341 e. The molecule has 0 radical (unpaired) electrons. The number of nitrogens with one attached hydrogen (secondary N) is 2. The second-order valence-corrected chi connectivity index (χ2v) is 8.48. The summed E-state index contributed by atoms with van der Waals surface area (Å²) in [4.78, 5) is 17.0. The molecule has 2 atom stereocenters. The Bertz CT molecular complexity index is 1250. The largest absolute Gasteiger partial charge is 0.416 e. The van der Waals surface area contributed by atoms with E-state index in [-0.39, 0.29) is 29.5 Å². The van der Waals surface area contributed by atoms with Gasteiger partial charge in [0.1, 0.15) is 11.6 Å². The van der Waals surface area contributed by atoms with Gasteiger partial charge in [-0.05, 0) is 66.1 Å². The van der Waals surface area contributed by atoms with Gasteiger partial charge >= 0.3 is 6.18 Å². The Kier molecular flexibility index (Phi) is 9.19. The summed E-state index contributed by atoms with van der Waals surface area (Å²) < 4.78 is 65.0. The number of carbonyl (C=O) groups is 1. The molecule has 0 aromatic heterocycles. The van der Waals surface area contributed by atoms with Crippen LogP contribution < -0.4 is 22.1 Å². The molecule has 0 aliphatic carbocycles. The van der Waals surface area contributed by atoms with Gasteiger partial charge in [-0.1, -0.05) is 29.8 Å². The van der Waals surface area contributed by atoms with Crippen LogP contribution in [0.4, 0.5) is 22.0 Å². The molecule has 0 bridgehead atoms. The third kappa shape index (κ3) is 8.24. The van der Waals surface area contributed by atoms with E-state index in [9.17, 15) is 26.7 Å². The molecule has 1 amide bonds. The zero-order valence-corrected chi connectivity index (χ0v) is 20.0. The van der Waals surface area contributed by atoms with Crippen LogP contribution in [0.1, 0.15) is 39.5 Å². The van der Waals surface area contributed by atoms with E-state index < -0.39 is 41.5 Å². The van der Waals surface area contributed by atoms with Gasteiger partial charge in [-0.2, -0.15) is 13.2 Å². The molecule has 3 rings (SSSR count). The van der Waals surface area contributed by atoms with Crippen molar-refractivity contribution >= 4 is 23.5 Å². The Balaban J connectivity index is 1.76. The lowest BCUT2D eigenvalue weighted by molar-refractivity contribution is -0.137. The summed E-state index contributed by atoms with van der Waals surface area (Å²) in [5.74, 6) is -1.81. The van der Waals surface area contributed by atoms with Crippen molar-refractivity contribution in [2.24, 2.45) is 16.5 Å². The zero-order valence-electron chi connectivity index (χ0n) is 19.2. The van der Waals surface area contributed by atoms with E-state index in [4.69, 9.17) is 23.1 Å². The molecule has 0 aliphatic heterocycles. The van der Waals surface area contributed by atoms with Gasteiger partial charge in [0.25, 0.3) is 5.91 Å². The van der Waals surface area contributed by atoms with E-state index >= 15 is 0 Å². The predicted octanol–water partition coefficient (Wildman–Crippen LogP) is 4.89. The molecule has 37 heavy (non-hydrogen) atoms. The summed E-state index contributed by atoms with van der Waals surface area (Å²) in [7, 11) is 0. The fourth-order valence-electron chi connectivity index (χ4n) is 3.28. The minimum Gasteiger partial charge on any atom is -0.341 e. The first-order valence-corrected chi connectivity index (χ1v) is 11.3. The van der Waals surface area contributed by atoms with Gasteiger partial charge in [0.05, 0.1) is 18.3 Å². The van der Waals surface area contributed by atoms with Crippen molar-refractivity contribution in [3.63, 3.8) is 0 Å². The summed E-state index contributed by atoms with van der Waals surface area (Å²) in [6, 6.07) is 12.3. The van der Waals surface area contributed by atoms with Crippen LogP contribution in [0.15, 0.2) is 71.7 Å². The molecule has 3 aromatic carbocycles. The summed E-state index contributed by atoms with van der Waals surface area (Å²) in [5, 5.41) is 5.40. The van der Waals surface area contributed by atoms with Crippen molar-refractivity contribution in [1.29, 1.82) is 0 Å². The molecule has 2 unspecified atom stereocenters. The summed E-state index contributed by atoms with van der Waals surface area (Å²) in [5.41, 5.74) is 12.4. The minimum atomic E-state index is -4.55. The summed E-state index contributed by atoms with van der Waals surface area (Å²) >= 11 is 6.04. The third-order valence-corrected chi connectivity index (χ3v) is 5.61. The number of halogens is 6. The average Bonchev–Trinajstić information content (AvgIpc) is 2.83. The summed E-state index contributed by atoms with van der Waals surface area (Å²) in [6.07, 6.45) is -5.23. The lowest BCUT2D eigenvalue weighted by atomic mass is 10.0. The maximum absolute atomic E-state index is 13.4. The zero-order chi connectivity index (χ0) is 27.2. The minimum absolute atomic E-state index is 0.0566. The van der Waals surface area contributed by atoms with E-state index in [1.807, 2.05) is 0 Å². The first-order valence-electron chi connectivity index (χ1n) is 10.9. The monoisotopic (exact) mass is 539 g/mol. The fraction of sp³-hybridized carbons (Fsp3) is 0.200. The van der Waals surface area contributed by atoms with Gasteiger partial charge in [0, 0.05) is 16.6 Å². The van der Waals surface area contributed by atoms with Gasteiger partial charge in [-0.3, -0.25) is 10.1 Å². The van der Waals surface area contributed by atoms with Crippen LogP contribution in [-0.4, -0.2) is 18.0 Å². The number of aliphatic imine (C=N–C) groups is 1. The van der Waals surface area contributed by atoms with Crippen molar-refractivity contribution in [1.82, 2.24) is 10.6 Å². The number of hydrogen-bond donors (Lipinski definition) is 4. The fourth-order valence-corrected chi connectivity index (χ4v) is 3.51. The maximum atomic E-state index is 13.4. The first-order chi connectivity index (χ1) is 17.4. The second kappa shape index (κ2) is 12.1. The number of rotatable bonds is 7. The van der Waals surface area contributed by atoms with Crippen LogP contribution >= 0.6 is 11.6 Å². The Morgan fingerprint density at radius 1 is 0.946 bits per heavy atom. The van der Waals surface area contributed by atoms with Crippen molar-refractivity contribution in [3.05, 3.63) is 106 Å². The van der Waals surface area contributed by atoms with Gasteiger partial charge in [0.15, 0.2) is 5.96 Å². The predicted molar refractivity (Wildman–Crippen MR) is 131 cm³/mol. The number of benzene rings is 3. The van der Waals surface area contributed by atoms with E-state index in [1.54, 1.807) is 0 Å². The summed E-state index contributed by atoms with van der Waals surface area (Å²) in [6.45, 7) is -0.0779. The molecule has 6 nitrogen and oxygen atoms in total. The second-order valence-electron chi connectivity index (χ2n) is 8.07. The van der Waals surface area contributed by atoms with Crippen LogP contribution in [0.3, 0.4) is 0 Å². The number of nitrogens with zero attached hydrogens (tertiary/aromatic N) is 1. The molecule has 12 heteroatoms. The topological polar surface area (TPSA) is 106 Å². The van der Waals surface area contributed by atoms with Gasteiger partial charge in [-0.15, -0.1) is 0 Å². The molecule has 0 saturated carbocycles. The van der Waals surface area contributed by atoms with Crippen molar-refractivity contribution < 1.29 is 26.7 Å². The van der Waals surface area contributed by atoms with E-state index in [0.717, 1.165) is 30.3 Å². The van der Waals surface area contributed by atoms with Crippen LogP contribution in [0, 0.1) is 11.6 Å². The lowest BCUT2D eigenvalue weighted by Crippen LogP contribution is -2.50. The van der Waals surface area contributed by atoms with Gasteiger partial charge in [0.2, 0.25) is 0 Å². The number of nitrogens with two attached hydrogens (primary N) is 2. The van der Waals surface area contributed by atoms with Crippen LogP contribution in [0.25, 0.3) is 0 Å². The number of hydrogen-bond acceptors (Lipinski definition) is 4. The van der Waals surface area contributed by atoms with Crippen molar-refractivity contribution in [3.8, 4) is 0 Å². The molecule has 0 aliphatic rings. The Morgan fingerprint density at radius 2 is 1.57 bits per heavy atom. The van der Waals surface area contributed by atoms with E-state index in [2.05, 4.69) is 15.6 Å². The highest BCUT2D eigenvalue weighted by Crippen LogP contribution is 2.29. The number of amides is 1. The molecular formula is C25H23ClF5N5O. The first kappa shape index (κ1) is 28.0. The normalized spacial score (nSPS) is 13.7. The Morgan fingerprint density at radius 3 is 2.16 bits per heavy atom. The molecule has 196 valence electrons. The Hall–Kier alpha value is -3.54.